The maximum Gasteiger partial charge on any atom is 0.149 e. The maximum absolute atomic E-state index is 13.1. The van der Waals surface area contributed by atoms with Gasteiger partial charge in [0.05, 0.1) is 5.02 Å². The molecule has 0 atom stereocenters. The Hall–Kier alpha value is -2.50. The van der Waals surface area contributed by atoms with E-state index in [1.165, 1.54) is 18.2 Å². The lowest BCUT2D eigenvalue weighted by atomic mass is 10.1. The van der Waals surface area contributed by atoms with Gasteiger partial charge >= 0.3 is 0 Å². The third-order valence-corrected chi connectivity index (χ3v) is 4.24. The van der Waals surface area contributed by atoms with Crippen LogP contribution in [0.1, 0.15) is 27.4 Å². The van der Waals surface area contributed by atoms with E-state index in [1.54, 1.807) is 30.3 Å². The van der Waals surface area contributed by atoms with Gasteiger partial charge in [0.2, 0.25) is 0 Å². The van der Waals surface area contributed by atoms with Gasteiger partial charge in [-0.15, -0.1) is 0 Å². The Morgan fingerprint density at radius 1 is 1.08 bits per heavy atom. The molecule has 2 aromatic carbocycles. The summed E-state index contributed by atoms with van der Waals surface area (Å²) in [5.41, 5.74) is 1.33. The zero-order chi connectivity index (χ0) is 18.7. The van der Waals surface area contributed by atoms with Gasteiger partial charge in [-0.2, -0.15) is 0 Å². The first-order valence-electron chi connectivity index (χ1n) is 7.57. The predicted octanol–water partition coefficient (Wildman–Crippen LogP) is 4.26. The molecule has 1 aromatic heterocycles. The van der Waals surface area contributed by atoms with Gasteiger partial charge in [-0.25, -0.2) is 4.39 Å². The van der Waals surface area contributed by atoms with Crippen molar-refractivity contribution in [2.24, 2.45) is 0 Å². The minimum atomic E-state index is -1.38. The number of carbonyl (C=O) groups excluding carboxylic acids is 1. The Bertz CT molecular complexity index is 952. The number of rotatable bonds is 6. The van der Waals surface area contributed by atoms with Crippen LogP contribution in [0.3, 0.4) is 0 Å². The summed E-state index contributed by atoms with van der Waals surface area (Å²) in [7, 11) is 0. The lowest BCUT2D eigenvalue weighted by Crippen LogP contribution is -2.21. The standard InChI is InChI=1S/C19H13Cl2FO4/c20-13-2-5-17(25-10-11-1-3-14(22)9-16(11)21)12(7-13)8-15-4-6-18(26-15)19(23)24/h1-7,9H,8,10H2,(H,23,24)/p-1. The molecular weight excluding hydrogens is 382 g/mol. The van der Waals surface area contributed by atoms with Gasteiger partial charge in [-0.1, -0.05) is 29.3 Å². The molecule has 1 heterocycles. The van der Waals surface area contributed by atoms with Crippen molar-refractivity contribution in [1.82, 2.24) is 0 Å². The molecule has 0 aliphatic heterocycles. The van der Waals surface area contributed by atoms with E-state index in [9.17, 15) is 14.3 Å². The van der Waals surface area contributed by atoms with Crippen LogP contribution >= 0.6 is 23.2 Å². The van der Waals surface area contributed by atoms with Crippen LogP contribution in [0.15, 0.2) is 52.9 Å². The zero-order valence-electron chi connectivity index (χ0n) is 13.3. The molecule has 26 heavy (non-hydrogen) atoms. The van der Waals surface area contributed by atoms with Crippen LogP contribution in [0.25, 0.3) is 0 Å². The number of furan rings is 1. The maximum atomic E-state index is 13.1. The van der Waals surface area contributed by atoms with Crippen LogP contribution < -0.4 is 9.84 Å². The monoisotopic (exact) mass is 393 g/mol. The highest BCUT2D eigenvalue weighted by atomic mass is 35.5. The molecule has 0 radical (unpaired) electrons. The van der Waals surface area contributed by atoms with Crippen molar-refractivity contribution < 1.29 is 23.4 Å². The van der Waals surface area contributed by atoms with Gasteiger partial charge in [0, 0.05) is 22.6 Å². The van der Waals surface area contributed by atoms with Gasteiger partial charge in [0.25, 0.3) is 0 Å². The highest BCUT2D eigenvalue weighted by Gasteiger charge is 2.11. The van der Waals surface area contributed by atoms with Crippen LogP contribution in [0.4, 0.5) is 4.39 Å². The fourth-order valence-electron chi connectivity index (χ4n) is 2.39. The molecule has 3 rings (SSSR count). The number of halogens is 3. The molecule has 0 spiro atoms. The van der Waals surface area contributed by atoms with Gasteiger partial charge < -0.3 is 19.1 Å². The third-order valence-electron chi connectivity index (χ3n) is 3.65. The second-order valence-corrected chi connectivity index (χ2v) is 6.35. The van der Waals surface area contributed by atoms with Crippen molar-refractivity contribution in [2.75, 3.05) is 0 Å². The van der Waals surface area contributed by atoms with Crippen molar-refractivity contribution in [1.29, 1.82) is 0 Å². The molecule has 134 valence electrons. The minimum Gasteiger partial charge on any atom is -0.542 e. The molecule has 4 nitrogen and oxygen atoms in total. The van der Waals surface area contributed by atoms with Crippen molar-refractivity contribution in [3.8, 4) is 5.75 Å². The lowest BCUT2D eigenvalue weighted by Gasteiger charge is -2.12. The van der Waals surface area contributed by atoms with E-state index in [2.05, 4.69) is 0 Å². The van der Waals surface area contributed by atoms with Crippen molar-refractivity contribution in [3.05, 3.63) is 87.0 Å². The number of carboxylic acids is 1. The lowest BCUT2D eigenvalue weighted by molar-refractivity contribution is -0.257. The second kappa shape index (κ2) is 7.81. The van der Waals surface area contributed by atoms with E-state index < -0.39 is 11.8 Å². The van der Waals surface area contributed by atoms with Gasteiger partial charge in [-0.05, 0) is 42.5 Å². The molecule has 0 saturated heterocycles. The zero-order valence-corrected chi connectivity index (χ0v) is 14.8. The topological polar surface area (TPSA) is 62.5 Å². The molecule has 0 fully saturated rings. The highest BCUT2D eigenvalue weighted by Crippen LogP contribution is 2.28. The van der Waals surface area contributed by atoms with E-state index in [0.29, 0.717) is 27.7 Å². The number of carbonyl (C=O) groups is 1. The summed E-state index contributed by atoms with van der Waals surface area (Å²) in [5, 5.41) is 11.6. The fraction of sp³-hybridized carbons (Fsp3) is 0.105. The number of benzene rings is 2. The Morgan fingerprint density at radius 2 is 1.88 bits per heavy atom. The third kappa shape index (κ3) is 4.36. The summed E-state index contributed by atoms with van der Waals surface area (Å²) in [6, 6.07) is 12.0. The number of carboxylic acid groups (broad SMARTS) is 1. The van der Waals surface area contributed by atoms with Crippen molar-refractivity contribution in [2.45, 2.75) is 13.0 Å². The Labute approximate surface area is 158 Å². The molecule has 0 bridgehead atoms. The minimum absolute atomic E-state index is 0.135. The van der Waals surface area contributed by atoms with E-state index in [4.69, 9.17) is 32.4 Å². The van der Waals surface area contributed by atoms with E-state index >= 15 is 0 Å². The Kier molecular flexibility index (Phi) is 5.49. The molecule has 0 aliphatic rings. The number of hydrogen-bond donors (Lipinski definition) is 0. The molecular formula is C19H12Cl2FO4-. The first kappa shape index (κ1) is 18.3. The van der Waals surface area contributed by atoms with Crippen LogP contribution in [-0.2, 0) is 13.0 Å². The summed E-state index contributed by atoms with van der Waals surface area (Å²) in [6.45, 7) is 0.135. The average Bonchev–Trinajstić information content (AvgIpc) is 3.04. The first-order valence-corrected chi connectivity index (χ1v) is 8.33. The average molecular weight is 394 g/mol. The SMILES string of the molecule is O=C([O-])c1ccc(Cc2cc(Cl)ccc2OCc2ccc(F)cc2Cl)o1. The van der Waals surface area contributed by atoms with Gasteiger partial charge in [-0.3, -0.25) is 0 Å². The molecule has 3 aromatic rings. The number of hydrogen-bond acceptors (Lipinski definition) is 4. The van der Waals surface area contributed by atoms with E-state index in [-0.39, 0.29) is 23.8 Å². The summed E-state index contributed by atoms with van der Waals surface area (Å²) in [4.78, 5) is 10.8. The van der Waals surface area contributed by atoms with Crippen LogP contribution in [0.2, 0.25) is 10.0 Å². The van der Waals surface area contributed by atoms with E-state index in [1.807, 2.05) is 0 Å². The number of ether oxygens (including phenoxy) is 1. The van der Waals surface area contributed by atoms with Crippen molar-refractivity contribution in [3.63, 3.8) is 0 Å². The summed E-state index contributed by atoms with van der Waals surface area (Å²) in [6.07, 6.45) is 0.278. The summed E-state index contributed by atoms with van der Waals surface area (Å²) in [5.74, 6) is -1.10. The summed E-state index contributed by atoms with van der Waals surface area (Å²) >= 11 is 12.1. The van der Waals surface area contributed by atoms with Crippen LogP contribution in [0.5, 0.6) is 5.75 Å². The van der Waals surface area contributed by atoms with Crippen molar-refractivity contribution >= 4 is 29.2 Å². The van der Waals surface area contributed by atoms with E-state index in [0.717, 1.165) is 0 Å². The molecule has 0 saturated carbocycles. The smallest absolute Gasteiger partial charge is 0.149 e. The summed E-state index contributed by atoms with van der Waals surface area (Å²) < 4.78 is 24.1. The normalized spacial score (nSPS) is 10.7. The van der Waals surface area contributed by atoms with Gasteiger partial charge in [0.1, 0.15) is 35.7 Å². The largest absolute Gasteiger partial charge is 0.542 e. The van der Waals surface area contributed by atoms with Crippen LogP contribution in [-0.4, -0.2) is 5.97 Å². The second-order valence-electron chi connectivity index (χ2n) is 5.51. The number of aromatic carboxylic acids is 1. The fourth-order valence-corrected chi connectivity index (χ4v) is 2.81. The van der Waals surface area contributed by atoms with Gasteiger partial charge in [0.15, 0.2) is 0 Å². The molecule has 0 N–H and O–H groups in total. The molecule has 0 aliphatic carbocycles. The molecule has 0 unspecified atom stereocenters. The predicted molar refractivity (Wildman–Crippen MR) is 93.0 cm³/mol. The Balaban J connectivity index is 1.79. The van der Waals surface area contributed by atoms with Crippen LogP contribution in [0, 0.1) is 5.82 Å². The first-order chi connectivity index (χ1) is 12.4. The highest BCUT2D eigenvalue weighted by molar-refractivity contribution is 6.31. The molecule has 7 heteroatoms. The Morgan fingerprint density at radius 3 is 2.58 bits per heavy atom. The quantitative estimate of drug-likeness (QED) is 0.627. The molecule has 0 amide bonds.